The van der Waals surface area contributed by atoms with Crippen molar-refractivity contribution in [3.05, 3.63) is 65.5 Å². The number of anilines is 1. The van der Waals surface area contributed by atoms with Gasteiger partial charge in [-0.1, -0.05) is 24.3 Å². The summed E-state index contributed by atoms with van der Waals surface area (Å²) in [6, 6.07) is 12.9. The van der Waals surface area contributed by atoms with E-state index in [0.717, 1.165) is 19.4 Å². The maximum Gasteiger partial charge on any atom is 0.337 e. The second-order valence-electron chi connectivity index (χ2n) is 6.28. The van der Waals surface area contributed by atoms with Crippen molar-refractivity contribution >= 4 is 17.6 Å². The summed E-state index contributed by atoms with van der Waals surface area (Å²) < 4.78 is 18.6. The van der Waals surface area contributed by atoms with Gasteiger partial charge in [-0.3, -0.25) is 9.69 Å². The standard InChI is InChI=1S/C20H21FN2O3/c1-26-20(25)14-7-4-8-16(12-14)22-19(24)18-10-5-11-23(18)13-15-6-2-3-9-17(15)21/h2-4,6-9,12,18H,5,10-11,13H2,1H3,(H,22,24). The summed E-state index contributed by atoms with van der Waals surface area (Å²) in [5, 5.41) is 2.85. The summed E-state index contributed by atoms with van der Waals surface area (Å²) in [7, 11) is 1.31. The van der Waals surface area contributed by atoms with Gasteiger partial charge in [0.1, 0.15) is 5.82 Å². The molecule has 0 spiro atoms. The summed E-state index contributed by atoms with van der Waals surface area (Å²) in [5.41, 5.74) is 1.50. The molecule has 0 radical (unpaired) electrons. The van der Waals surface area contributed by atoms with Crippen LogP contribution in [-0.2, 0) is 16.1 Å². The van der Waals surface area contributed by atoms with Crippen LogP contribution >= 0.6 is 0 Å². The SMILES string of the molecule is COC(=O)c1cccc(NC(=O)C2CCCN2Cc2ccccc2F)c1. The first-order valence-corrected chi connectivity index (χ1v) is 8.55. The van der Waals surface area contributed by atoms with Crippen molar-refractivity contribution in [2.45, 2.75) is 25.4 Å². The Morgan fingerprint density at radius 3 is 2.81 bits per heavy atom. The minimum atomic E-state index is -0.455. The van der Waals surface area contributed by atoms with E-state index in [1.54, 1.807) is 42.5 Å². The summed E-state index contributed by atoms with van der Waals surface area (Å²) in [4.78, 5) is 26.3. The van der Waals surface area contributed by atoms with Gasteiger partial charge in [0.05, 0.1) is 18.7 Å². The Labute approximate surface area is 151 Å². The zero-order valence-corrected chi connectivity index (χ0v) is 14.6. The summed E-state index contributed by atoms with van der Waals surface area (Å²) >= 11 is 0. The molecule has 1 unspecified atom stereocenters. The highest BCUT2D eigenvalue weighted by molar-refractivity contribution is 5.97. The normalized spacial score (nSPS) is 17.1. The van der Waals surface area contributed by atoms with Crippen molar-refractivity contribution in [1.82, 2.24) is 4.90 Å². The fourth-order valence-electron chi connectivity index (χ4n) is 3.23. The molecule has 2 aromatic carbocycles. The lowest BCUT2D eigenvalue weighted by molar-refractivity contribution is -0.120. The number of likely N-dealkylation sites (tertiary alicyclic amines) is 1. The lowest BCUT2D eigenvalue weighted by atomic mass is 10.1. The minimum absolute atomic E-state index is 0.152. The molecule has 2 aromatic rings. The first-order chi connectivity index (χ1) is 12.6. The number of rotatable bonds is 5. The zero-order valence-electron chi connectivity index (χ0n) is 14.6. The second kappa shape index (κ2) is 8.10. The lowest BCUT2D eigenvalue weighted by Crippen LogP contribution is -2.39. The molecule has 1 N–H and O–H groups in total. The van der Waals surface area contributed by atoms with E-state index in [-0.39, 0.29) is 17.8 Å². The van der Waals surface area contributed by atoms with Gasteiger partial charge < -0.3 is 10.1 Å². The van der Waals surface area contributed by atoms with Crippen molar-refractivity contribution in [3.63, 3.8) is 0 Å². The molecule has 1 atom stereocenters. The molecule has 1 aliphatic heterocycles. The Morgan fingerprint density at radius 1 is 1.23 bits per heavy atom. The maximum atomic E-state index is 13.9. The molecule has 0 aliphatic carbocycles. The van der Waals surface area contributed by atoms with E-state index in [2.05, 4.69) is 5.32 Å². The number of esters is 1. The van der Waals surface area contributed by atoms with Crippen LogP contribution in [0.4, 0.5) is 10.1 Å². The second-order valence-corrected chi connectivity index (χ2v) is 6.28. The Balaban J connectivity index is 1.69. The van der Waals surface area contributed by atoms with E-state index in [9.17, 15) is 14.0 Å². The Morgan fingerprint density at radius 2 is 2.04 bits per heavy atom. The topological polar surface area (TPSA) is 58.6 Å². The molecule has 1 aliphatic rings. The summed E-state index contributed by atoms with van der Waals surface area (Å²) in [5.74, 6) is -0.867. The molecule has 1 saturated heterocycles. The van der Waals surface area contributed by atoms with Crippen LogP contribution in [0, 0.1) is 5.82 Å². The van der Waals surface area contributed by atoms with Crippen LogP contribution in [0.1, 0.15) is 28.8 Å². The number of halogens is 1. The number of amides is 1. The first-order valence-electron chi connectivity index (χ1n) is 8.55. The number of hydrogen-bond acceptors (Lipinski definition) is 4. The first kappa shape index (κ1) is 18.1. The zero-order chi connectivity index (χ0) is 18.5. The molecule has 1 amide bonds. The van der Waals surface area contributed by atoms with Crippen molar-refractivity contribution in [2.75, 3.05) is 19.0 Å². The smallest absolute Gasteiger partial charge is 0.337 e. The van der Waals surface area contributed by atoms with E-state index >= 15 is 0 Å². The number of nitrogens with zero attached hydrogens (tertiary/aromatic N) is 1. The molecule has 26 heavy (non-hydrogen) atoms. The van der Waals surface area contributed by atoms with Crippen LogP contribution in [0.15, 0.2) is 48.5 Å². The maximum absolute atomic E-state index is 13.9. The number of methoxy groups -OCH3 is 1. The van der Waals surface area contributed by atoms with Gasteiger partial charge in [-0.2, -0.15) is 0 Å². The third-order valence-corrected chi connectivity index (χ3v) is 4.55. The van der Waals surface area contributed by atoms with Gasteiger partial charge in [0.2, 0.25) is 5.91 Å². The average molecular weight is 356 g/mol. The van der Waals surface area contributed by atoms with Gasteiger partial charge in [-0.05, 0) is 43.7 Å². The quantitative estimate of drug-likeness (QED) is 0.836. The average Bonchev–Trinajstić information content (AvgIpc) is 3.11. The van der Waals surface area contributed by atoms with Gasteiger partial charge in [-0.25, -0.2) is 9.18 Å². The van der Waals surface area contributed by atoms with Crippen LogP contribution in [0.25, 0.3) is 0 Å². The number of nitrogens with one attached hydrogen (secondary N) is 1. The van der Waals surface area contributed by atoms with Crippen molar-refractivity contribution < 1.29 is 18.7 Å². The highest BCUT2D eigenvalue weighted by atomic mass is 19.1. The number of benzene rings is 2. The molecular weight excluding hydrogens is 335 g/mol. The summed E-state index contributed by atoms with van der Waals surface area (Å²) in [6.45, 7) is 1.14. The van der Waals surface area contributed by atoms with Gasteiger partial charge in [0.15, 0.2) is 0 Å². The Hall–Kier alpha value is -2.73. The fraction of sp³-hybridized carbons (Fsp3) is 0.300. The molecule has 1 heterocycles. The van der Waals surface area contributed by atoms with Crippen molar-refractivity contribution in [3.8, 4) is 0 Å². The van der Waals surface area contributed by atoms with Gasteiger partial charge in [0, 0.05) is 17.8 Å². The molecule has 1 fully saturated rings. The van der Waals surface area contributed by atoms with E-state index in [1.807, 2.05) is 4.90 Å². The van der Waals surface area contributed by atoms with E-state index in [0.29, 0.717) is 23.4 Å². The van der Waals surface area contributed by atoms with Crippen LogP contribution in [0.2, 0.25) is 0 Å². The van der Waals surface area contributed by atoms with Gasteiger partial charge in [0.25, 0.3) is 0 Å². The predicted octanol–water partition coefficient (Wildman–Crippen LogP) is 3.22. The monoisotopic (exact) mass is 356 g/mol. The number of ether oxygens (including phenoxy) is 1. The third kappa shape index (κ3) is 4.08. The van der Waals surface area contributed by atoms with E-state index in [1.165, 1.54) is 13.2 Å². The minimum Gasteiger partial charge on any atom is -0.465 e. The van der Waals surface area contributed by atoms with Gasteiger partial charge >= 0.3 is 5.97 Å². The van der Waals surface area contributed by atoms with Crippen LogP contribution in [0.5, 0.6) is 0 Å². The molecule has 5 nitrogen and oxygen atoms in total. The Bertz CT molecular complexity index is 809. The number of carbonyl (C=O) groups excluding carboxylic acids is 2. The predicted molar refractivity (Wildman–Crippen MR) is 96.2 cm³/mol. The number of carbonyl (C=O) groups is 2. The van der Waals surface area contributed by atoms with E-state index < -0.39 is 5.97 Å². The molecule has 0 bridgehead atoms. The lowest BCUT2D eigenvalue weighted by Gasteiger charge is -2.24. The molecule has 6 heteroatoms. The fourth-order valence-corrected chi connectivity index (χ4v) is 3.23. The van der Waals surface area contributed by atoms with Crippen LogP contribution < -0.4 is 5.32 Å². The van der Waals surface area contributed by atoms with Crippen molar-refractivity contribution in [1.29, 1.82) is 0 Å². The number of hydrogen-bond donors (Lipinski definition) is 1. The highest BCUT2D eigenvalue weighted by Crippen LogP contribution is 2.23. The molecule has 3 rings (SSSR count). The van der Waals surface area contributed by atoms with Crippen LogP contribution in [-0.4, -0.2) is 36.5 Å². The largest absolute Gasteiger partial charge is 0.465 e. The van der Waals surface area contributed by atoms with Gasteiger partial charge in [-0.15, -0.1) is 0 Å². The molecule has 0 saturated carbocycles. The van der Waals surface area contributed by atoms with E-state index in [4.69, 9.17) is 4.74 Å². The third-order valence-electron chi connectivity index (χ3n) is 4.55. The van der Waals surface area contributed by atoms with Crippen LogP contribution in [0.3, 0.4) is 0 Å². The molecule has 0 aromatic heterocycles. The molecule has 136 valence electrons. The Kier molecular flexibility index (Phi) is 5.63. The van der Waals surface area contributed by atoms with Crippen molar-refractivity contribution in [2.24, 2.45) is 0 Å². The highest BCUT2D eigenvalue weighted by Gasteiger charge is 2.31. The summed E-state index contributed by atoms with van der Waals surface area (Å²) in [6.07, 6.45) is 1.60. The molecular formula is C20H21FN2O3.